The first kappa shape index (κ1) is 42.7. The number of hydrogen-bond acceptors (Lipinski definition) is 0. The predicted molar refractivity (Wildman–Crippen MR) is 256 cm³/mol. The molecule has 0 heterocycles. The Morgan fingerprint density at radius 3 is 1.21 bits per heavy atom. The molecule has 2 fully saturated rings. The molecule has 0 saturated heterocycles. The molecule has 2 unspecified atom stereocenters. The van der Waals surface area contributed by atoms with Crippen LogP contribution in [0.5, 0.6) is 0 Å². The molecule has 0 nitrogen and oxygen atoms in total. The van der Waals surface area contributed by atoms with E-state index in [-0.39, 0.29) is 18.1 Å². The Morgan fingerprint density at radius 2 is 0.879 bits per heavy atom. The van der Waals surface area contributed by atoms with Crippen LogP contribution in [0.1, 0.15) is 159 Å². The van der Waals surface area contributed by atoms with Gasteiger partial charge in [0, 0.05) is 0 Å². The van der Waals surface area contributed by atoms with Crippen LogP contribution in [-0.4, -0.2) is 5.92 Å². The average molecular weight is 908 g/mol. The molecule has 0 bridgehead atoms. The van der Waals surface area contributed by atoms with Crippen LogP contribution >= 0.6 is 17.0 Å². The van der Waals surface area contributed by atoms with E-state index in [4.69, 9.17) is 17.0 Å². The van der Waals surface area contributed by atoms with Crippen LogP contribution in [0.25, 0.3) is 34.4 Å². The maximum atomic E-state index is 9.12. The van der Waals surface area contributed by atoms with Gasteiger partial charge >= 0.3 is 364 Å². The Balaban J connectivity index is 1.31. The fourth-order valence-electron chi connectivity index (χ4n) is 11.7. The molecule has 0 radical (unpaired) electrons. The molecule has 4 aromatic rings. The summed E-state index contributed by atoms with van der Waals surface area (Å²) in [4.78, 5) is 0. The Hall–Kier alpha value is -1.96. The van der Waals surface area contributed by atoms with Crippen molar-refractivity contribution in [3.63, 3.8) is 0 Å². The summed E-state index contributed by atoms with van der Waals surface area (Å²) < 4.78 is 0.255. The first-order valence-electron chi connectivity index (χ1n) is 23.0. The second-order valence-corrected chi connectivity index (χ2v) is 63.9. The van der Waals surface area contributed by atoms with Crippen molar-refractivity contribution in [3.8, 4) is 22.3 Å². The zero-order chi connectivity index (χ0) is 41.1. The third-order valence-electron chi connectivity index (χ3n) is 15.1. The predicted octanol–water partition coefficient (Wildman–Crippen LogP) is 17.1. The van der Waals surface area contributed by atoms with E-state index in [0.29, 0.717) is 11.8 Å². The van der Waals surface area contributed by atoms with Crippen molar-refractivity contribution in [3.05, 3.63) is 129 Å². The summed E-state index contributed by atoms with van der Waals surface area (Å²) in [5.41, 5.74) is 17.0. The van der Waals surface area contributed by atoms with Crippen molar-refractivity contribution in [1.82, 2.24) is 0 Å². The molecule has 58 heavy (non-hydrogen) atoms. The summed E-state index contributed by atoms with van der Waals surface area (Å²) in [5, 5.41) is 0. The van der Waals surface area contributed by atoms with Gasteiger partial charge in [0.1, 0.15) is 0 Å². The van der Waals surface area contributed by atoms with E-state index < -0.39 is 21.5 Å². The Bertz CT molecular complexity index is 2030. The van der Waals surface area contributed by atoms with Gasteiger partial charge in [0.15, 0.2) is 0 Å². The molecule has 4 aliphatic rings. The molecule has 307 valence electrons. The summed E-state index contributed by atoms with van der Waals surface area (Å²) in [6.45, 7) is 18.9. The molecular weight excluding hydrogens is 839 g/mol. The minimum atomic E-state index is -5.00. The summed E-state index contributed by atoms with van der Waals surface area (Å²) in [6.07, 6.45) is 21.0. The van der Waals surface area contributed by atoms with Gasteiger partial charge in [-0.25, -0.2) is 0 Å². The van der Waals surface area contributed by atoms with Gasteiger partial charge in [-0.1, -0.05) is 0 Å². The summed E-state index contributed by atoms with van der Waals surface area (Å²) in [5.74, 6) is -0.278. The second-order valence-electron chi connectivity index (χ2n) is 21.4. The fourth-order valence-corrected chi connectivity index (χ4v) is 43.0. The van der Waals surface area contributed by atoms with E-state index in [0.717, 1.165) is 12.8 Å². The Kier molecular flexibility index (Phi) is 12.1. The molecule has 0 aromatic heterocycles. The Labute approximate surface area is 361 Å². The van der Waals surface area contributed by atoms with Gasteiger partial charge in [-0.2, -0.15) is 0 Å². The van der Waals surface area contributed by atoms with Crippen molar-refractivity contribution in [2.75, 3.05) is 0 Å². The van der Waals surface area contributed by atoms with Crippen LogP contribution in [0.3, 0.4) is 0 Å². The van der Waals surface area contributed by atoms with E-state index in [1.54, 1.807) is 11.1 Å². The quantitative estimate of drug-likeness (QED) is 0.147. The first-order valence-corrected chi connectivity index (χ1v) is 39.3. The van der Waals surface area contributed by atoms with Crippen LogP contribution in [0, 0.1) is 11.8 Å². The first-order chi connectivity index (χ1) is 27.5. The van der Waals surface area contributed by atoms with Crippen LogP contribution in [0.4, 0.5) is 0 Å². The number of allylic oxidation sites excluding steroid dienone is 2. The third kappa shape index (κ3) is 7.98. The van der Waals surface area contributed by atoms with Crippen LogP contribution in [0.2, 0.25) is 13.1 Å². The van der Waals surface area contributed by atoms with Gasteiger partial charge in [0.05, 0.1) is 0 Å². The summed E-state index contributed by atoms with van der Waals surface area (Å²) >= 11 is -5.00. The summed E-state index contributed by atoms with van der Waals surface area (Å²) in [7, 11) is 18.2. The van der Waals surface area contributed by atoms with E-state index in [1.165, 1.54) is 120 Å². The topological polar surface area (TPSA) is 0 Å². The molecule has 2 atom stereocenters. The zero-order valence-electron chi connectivity index (χ0n) is 36.9. The molecule has 0 aliphatic heterocycles. The van der Waals surface area contributed by atoms with Gasteiger partial charge in [0.25, 0.3) is 0 Å². The van der Waals surface area contributed by atoms with Crippen LogP contribution in [-0.2, 0) is 26.4 Å². The van der Waals surface area contributed by atoms with E-state index in [9.17, 15) is 0 Å². The molecule has 4 heteroatoms. The average Bonchev–Trinajstić information content (AvgIpc) is 3.77. The minimum absolute atomic E-state index is 0.116. The van der Waals surface area contributed by atoms with Gasteiger partial charge in [-0.3, -0.25) is 0 Å². The summed E-state index contributed by atoms with van der Waals surface area (Å²) in [6, 6.07) is 33.1. The van der Waals surface area contributed by atoms with Gasteiger partial charge < -0.3 is 0 Å². The van der Waals surface area contributed by atoms with Crippen molar-refractivity contribution in [1.29, 1.82) is 0 Å². The van der Waals surface area contributed by atoms with Gasteiger partial charge in [0.2, 0.25) is 0 Å². The van der Waals surface area contributed by atoms with Crippen LogP contribution < -0.4 is 0 Å². The van der Waals surface area contributed by atoms with Crippen molar-refractivity contribution in [2.45, 2.75) is 150 Å². The van der Waals surface area contributed by atoms with E-state index >= 15 is 0 Å². The number of hydrogen-bond donors (Lipinski definition) is 0. The second kappa shape index (κ2) is 16.4. The van der Waals surface area contributed by atoms with Gasteiger partial charge in [-0.15, -0.1) is 0 Å². The van der Waals surface area contributed by atoms with Crippen molar-refractivity contribution in [2.24, 2.45) is 11.8 Å². The maximum absolute atomic E-state index is 9.12. The fraction of sp³-hybridized carbons (Fsp3) is 0.481. The number of benzene rings is 4. The molecule has 0 N–H and O–H groups in total. The SMILES string of the molecule is C[SiH](C)[Zr]([Cl])([Cl])([CH]1C(CC2CCCCC2)=Cc2c(-c3ccc(C(C)(C)C)cc3)cccc21)[CH]1C(CC2CCCCC2)=Cc2c(-c3ccc(C(C)(C)C)cc3)cccc21. The van der Waals surface area contributed by atoms with Crippen molar-refractivity contribution < 1.29 is 15.6 Å². The molecule has 4 aromatic carbocycles. The number of halogens is 2. The molecule has 2 saturated carbocycles. The normalized spacial score (nSPS) is 21.3. The molecule has 0 amide bonds. The monoisotopic (exact) mass is 905 g/mol. The molecule has 4 aliphatic carbocycles. The Morgan fingerprint density at radius 1 is 0.517 bits per heavy atom. The number of rotatable bonds is 9. The van der Waals surface area contributed by atoms with E-state index in [2.05, 4.69) is 152 Å². The zero-order valence-corrected chi connectivity index (χ0v) is 42.0. The van der Waals surface area contributed by atoms with Crippen LogP contribution in [0.15, 0.2) is 96.1 Å². The van der Waals surface area contributed by atoms with Gasteiger partial charge in [-0.05, 0) is 0 Å². The van der Waals surface area contributed by atoms with Crippen molar-refractivity contribution >= 4 is 35.1 Å². The number of fused-ring (bicyclic) bond motifs is 2. The molecule has 8 rings (SSSR count). The molecule has 0 spiro atoms. The third-order valence-corrected chi connectivity index (χ3v) is 67.0. The molecular formula is C54H69Cl2SiZr. The standard InChI is InChI=1S/2C26H31.C2H7Si.2ClH.Zr/c2*1-26(2,3)23-14-12-21(13-15-23)24-11-7-10-22-17-20(18-25(22)24)16-19-8-5-4-6-9-19;1-3-2;;;/h2*7,10-15,17-19H,4-6,8-9,16H2,1-3H3;3H,1-2H3;2*1H;/q;;;;;+2/p-2. The van der Waals surface area contributed by atoms with E-state index in [1.807, 2.05) is 0 Å².